The Morgan fingerprint density at radius 3 is 2.94 bits per heavy atom. The summed E-state index contributed by atoms with van der Waals surface area (Å²) in [6, 6.07) is 7.38. The van der Waals surface area contributed by atoms with Crippen molar-refractivity contribution in [3.05, 3.63) is 29.1 Å². The lowest BCUT2D eigenvalue weighted by atomic mass is 10.2. The Bertz CT molecular complexity index is 564. The minimum atomic E-state index is -0.321. The summed E-state index contributed by atoms with van der Waals surface area (Å²) in [6.45, 7) is 2.10. The third-order valence-corrected chi connectivity index (χ3v) is 3.69. The molecule has 5 heteroatoms. The van der Waals surface area contributed by atoms with Crippen LogP contribution >= 0.6 is 11.3 Å². The molecule has 2 aromatic rings. The molecule has 1 unspecified atom stereocenters. The molecule has 1 heterocycles. The van der Waals surface area contributed by atoms with E-state index in [1.54, 1.807) is 13.2 Å². The van der Waals surface area contributed by atoms with Gasteiger partial charge in [-0.15, -0.1) is 11.3 Å². The van der Waals surface area contributed by atoms with Crippen LogP contribution in [-0.2, 0) is 9.47 Å². The average Bonchev–Trinajstić information content (AvgIpc) is 2.78. The first kappa shape index (κ1) is 12.9. The highest BCUT2D eigenvalue weighted by atomic mass is 32.1. The molecule has 0 radical (unpaired) electrons. The molecule has 18 heavy (non-hydrogen) atoms. The molecule has 0 aliphatic rings. The van der Waals surface area contributed by atoms with E-state index in [1.165, 1.54) is 11.3 Å². The molecule has 0 saturated carbocycles. The van der Waals surface area contributed by atoms with Crippen LogP contribution in [0.2, 0.25) is 0 Å². The van der Waals surface area contributed by atoms with Crippen LogP contribution in [0.15, 0.2) is 24.3 Å². The molecule has 2 rings (SSSR count). The van der Waals surface area contributed by atoms with E-state index in [2.05, 4.69) is 0 Å². The zero-order valence-corrected chi connectivity index (χ0v) is 11.1. The molecule has 0 spiro atoms. The number of ether oxygens (including phenoxy) is 2. The van der Waals surface area contributed by atoms with Crippen LogP contribution in [0.25, 0.3) is 10.1 Å². The molecule has 1 aromatic carbocycles. The maximum atomic E-state index is 11.8. The van der Waals surface area contributed by atoms with Gasteiger partial charge in [0.2, 0.25) is 0 Å². The lowest BCUT2D eigenvalue weighted by Gasteiger charge is -2.08. The molecule has 0 fully saturated rings. The number of carbonyl (C=O) groups excluding carboxylic acids is 1. The van der Waals surface area contributed by atoms with Crippen LogP contribution in [0, 0.1) is 0 Å². The molecular formula is C13H15NO3S. The Morgan fingerprint density at radius 1 is 1.44 bits per heavy atom. The Hall–Kier alpha value is -1.59. The molecule has 96 valence electrons. The average molecular weight is 265 g/mol. The second-order valence-corrected chi connectivity index (χ2v) is 5.14. The predicted molar refractivity (Wildman–Crippen MR) is 73.0 cm³/mol. The van der Waals surface area contributed by atoms with Crippen molar-refractivity contribution in [2.45, 2.75) is 13.0 Å². The van der Waals surface area contributed by atoms with Gasteiger partial charge in [-0.1, -0.05) is 0 Å². The van der Waals surface area contributed by atoms with E-state index in [0.717, 1.165) is 10.1 Å². The van der Waals surface area contributed by atoms with Crippen molar-refractivity contribution in [2.24, 2.45) is 0 Å². The van der Waals surface area contributed by atoms with E-state index >= 15 is 0 Å². The van der Waals surface area contributed by atoms with Crippen LogP contribution < -0.4 is 5.73 Å². The van der Waals surface area contributed by atoms with Crippen molar-refractivity contribution >= 4 is 33.1 Å². The van der Waals surface area contributed by atoms with Crippen LogP contribution in [0.4, 0.5) is 5.69 Å². The third kappa shape index (κ3) is 2.80. The summed E-state index contributed by atoms with van der Waals surface area (Å²) in [5.74, 6) is -0.321. The van der Waals surface area contributed by atoms with Crippen molar-refractivity contribution in [1.29, 1.82) is 0 Å². The fourth-order valence-corrected chi connectivity index (χ4v) is 2.43. The van der Waals surface area contributed by atoms with E-state index in [9.17, 15) is 4.79 Å². The second kappa shape index (κ2) is 5.37. The Labute approximate surface area is 109 Å². The summed E-state index contributed by atoms with van der Waals surface area (Å²) in [5.41, 5.74) is 6.39. The topological polar surface area (TPSA) is 61.5 Å². The van der Waals surface area contributed by atoms with Crippen molar-refractivity contribution in [3.63, 3.8) is 0 Å². The molecule has 0 saturated heterocycles. The van der Waals surface area contributed by atoms with Gasteiger partial charge in [-0.3, -0.25) is 0 Å². The van der Waals surface area contributed by atoms with Gasteiger partial charge >= 0.3 is 5.97 Å². The highest BCUT2D eigenvalue weighted by Gasteiger charge is 2.13. The second-order valence-electron chi connectivity index (χ2n) is 4.05. The van der Waals surface area contributed by atoms with Crippen molar-refractivity contribution < 1.29 is 14.3 Å². The maximum absolute atomic E-state index is 11.8. The number of anilines is 1. The van der Waals surface area contributed by atoms with Gasteiger partial charge in [0.1, 0.15) is 11.5 Å². The number of hydrogen-bond donors (Lipinski definition) is 1. The van der Waals surface area contributed by atoms with Crippen molar-refractivity contribution in [2.75, 3.05) is 19.5 Å². The highest BCUT2D eigenvalue weighted by Crippen LogP contribution is 2.27. The number of methoxy groups -OCH3 is 1. The molecule has 1 atom stereocenters. The van der Waals surface area contributed by atoms with Crippen molar-refractivity contribution in [3.8, 4) is 0 Å². The number of benzene rings is 1. The number of hydrogen-bond acceptors (Lipinski definition) is 5. The highest BCUT2D eigenvalue weighted by molar-refractivity contribution is 7.20. The van der Waals surface area contributed by atoms with Crippen molar-refractivity contribution in [1.82, 2.24) is 0 Å². The SMILES string of the molecule is COC(C)COC(=O)c1cc2cc(N)ccc2s1. The fraction of sp³-hybridized carbons (Fsp3) is 0.308. The first-order chi connectivity index (χ1) is 8.60. The molecule has 0 bridgehead atoms. The smallest absolute Gasteiger partial charge is 0.348 e. The van der Waals surface area contributed by atoms with Gasteiger partial charge in [0.05, 0.1) is 6.10 Å². The Kier molecular flexibility index (Phi) is 3.84. The normalized spacial score (nSPS) is 12.6. The number of nitrogen functional groups attached to an aromatic ring is 1. The molecule has 4 nitrogen and oxygen atoms in total. The molecular weight excluding hydrogens is 250 g/mol. The zero-order chi connectivity index (χ0) is 13.1. The van der Waals surface area contributed by atoms with Crippen LogP contribution in [-0.4, -0.2) is 25.8 Å². The number of rotatable bonds is 4. The third-order valence-electron chi connectivity index (χ3n) is 2.59. The van der Waals surface area contributed by atoms with Crippen LogP contribution in [0.5, 0.6) is 0 Å². The quantitative estimate of drug-likeness (QED) is 0.682. The number of thiophene rings is 1. The summed E-state index contributed by atoms with van der Waals surface area (Å²) in [4.78, 5) is 12.4. The van der Waals surface area contributed by atoms with E-state index in [4.69, 9.17) is 15.2 Å². The summed E-state index contributed by atoms with van der Waals surface area (Å²) in [5, 5.41) is 0.965. The van der Waals surface area contributed by atoms with Gasteiger partial charge in [0.25, 0.3) is 0 Å². The monoisotopic (exact) mass is 265 g/mol. The summed E-state index contributed by atoms with van der Waals surface area (Å²) in [6.07, 6.45) is -0.0982. The molecule has 0 aliphatic carbocycles. The summed E-state index contributed by atoms with van der Waals surface area (Å²) < 4.78 is 11.2. The zero-order valence-electron chi connectivity index (χ0n) is 10.3. The number of carbonyl (C=O) groups is 1. The van der Waals surface area contributed by atoms with Gasteiger partial charge in [-0.05, 0) is 36.6 Å². The van der Waals surface area contributed by atoms with Gasteiger partial charge in [-0.2, -0.15) is 0 Å². The van der Waals surface area contributed by atoms with Crippen LogP contribution in [0.3, 0.4) is 0 Å². The van der Waals surface area contributed by atoms with Gasteiger partial charge in [0.15, 0.2) is 0 Å². The molecule has 0 aliphatic heterocycles. The number of nitrogens with two attached hydrogens (primary N) is 1. The fourth-order valence-electron chi connectivity index (χ4n) is 1.49. The maximum Gasteiger partial charge on any atom is 0.348 e. The Balaban J connectivity index is 2.13. The largest absolute Gasteiger partial charge is 0.459 e. The van der Waals surface area contributed by atoms with E-state index in [0.29, 0.717) is 10.6 Å². The Morgan fingerprint density at radius 2 is 2.22 bits per heavy atom. The van der Waals surface area contributed by atoms with Crippen LogP contribution in [0.1, 0.15) is 16.6 Å². The van der Waals surface area contributed by atoms with Gasteiger partial charge in [0, 0.05) is 17.5 Å². The lowest BCUT2D eigenvalue weighted by molar-refractivity contribution is 0.0173. The standard InChI is InChI=1S/C13H15NO3S/c1-8(16-2)7-17-13(15)12-6-9-5-10(14)3-4-11(9)18-12/h3-6,8H,7,14H2,1-2H3. The van der Waals surface area contributed by atoms with E-state index in [1.807, 2.05) is 25.1 Å². The minimum Gasteiger partial charge on any atom is -0.459 e. The number of esters is 1. The van der Waals surface area contributed by atoms with E-state index in [-0.39, 0.29) is 18.7 Å². The first-order valence-corrected chi connectivity index (χ1v) is 6.41. The van der Waals surface area contributed by atoms with E-state index < -0.39 is 0 Å². The number of fused-ring (bicyclic) bond motifs is 1. The van der Waals surface area contributed by atoms with Gasteiger partial charge < -0.3 is 15.2 Å². The molecule has 0 amide bonds. The summed E-state index contributed by atoms with van der Waals surface area (Å²) >= 11 is 1.40. The molecule has 1 aromatic heterocycles. The summed E-state index contributed by atoms with van der Waals surface area (Å²) in [7, 11) is 1.58. The predicted octanol–water partition coefficient (Wildman–Crippen LogP) is 2.68. The molecule has 2 N–H and O–H groups in total. The van der Waals surface area contributed by atoms with Gasteiger partial charge in [-0.25, -0.2) is 4.79 Å². The minimum absolute atomic E-state index is 0.0982. The lowest BCUT2D eigenvalue weighted by Crippen LogP contribution is -2.16. The first-order valence-electron chi connectivity index (χ1n) is 5.59.